The molecule has 2 heterocycles. The zero-order valence-electron chi connectivity index (χ0n) is 12.9. The Balaban J connectivity index is 2.13. The van der Waals surface area contributed by atoms with Gasteiger partial charge < -0.3 is 10.1 Å². The topological polar surface area (TPSA) is 59.4 Å². The number of anilines is 1. The quantitative estimate of drug-likeness (QED) is 0.637. The minimum atomic E-state index is -1.10. The van der Waals surface area contributed by atoms with Crippen LogP contribution in [0.4, 0.5) is 10.6 Å². The van der Waals surface area contributed by atoms with E-state index in [0.717, 1.165) is 18.3 Å². The van der Waals surface area contributed by atoms with E-state index in [-0.39, 0.29) is 6.03 Å². The second-order valence-electron chi connectivity index (χ2n) is 6.30. The van der Waals surface area contributed by atoms with Crippen LogP contribution in [0.15, 0.2) is 11.3 Å². The highest BCUT2D eigenvalue weighted by Crippen LogP contribution is 2.31. The van der Waals surface area contributed by atoms with Gasteiger partial charge in [-0.15, -0.1) is 0 Å². The summed E-state index contributed by atoms with van der Waals surface area (Å²) < 4.78 is 8.27. The van der Waals surface area contributed by atoms with Gasteiger partial charge in [0.05, 0.1) is 5.70 Å². The average molecular weight is 373 g/mol. The van der Waals surface area contributed by atoms with E-state index >= 15 is 0 Å². The third kappa shape index (κ3) is 3.56. The molecular weight excluding hydrogens is 352 g/mol. The van der Waals surface area contributed by atoms with Crippen molar-refractivity contribution in [3.63, 3.8) is 0 Å². The molecule has 0 radical (unpaired) electrons. The van der Waals surface area contributed by atoms with Crippen LogP contribution in [0.5, 0.6) is 0 Å². The van der Waals surface area contributed by atoms with Crippen LogP contribution in [0.3, 0.4) is 0 Å². The zero-order chi connectivity index (χ0) is 15.8. The summed E-state index contributed by atoms with van der Waals surface area (Å²) in [6.07, 6.45) is 0. The number of ether oxygens (including phenoxy) is 1. The predicted octanol–water partition coefficient (Wildman–Crippen LogP) is 3.09. The molecule has 0 unspecified atom stereocenters. The summed E-state index contributed by atoms with van der Waals surface area (Å²) in [4.78, 5) is 17.6. The Morgan fingerprint density at radius 3 is 2.71 bits per heavy atom. The highest BCUT2D eigenvalue weighted by molar-refractivity contribution is 9.10. The van der Waals surface area contributed by atoms with Crippen molar-refractivity contribution >= 4 is 41.5 Å². The number of hydrogen-bond acceptors (Lipinski definition) is 3. The first-order valence-electron chi connectivity index (χ1n) is 6.78. The van der Waals surface area contributed by atoms with Gasteiger partial charge in [-0.2, -0.15) is 0 Å². The van der Waals surface area contributed by atoms with E-state index in [0.29, 0.717) is 23.0 Å². The first kappa shape index (κ1) is 16.3. The number of amides is 2. The summed E-state index contributed by atoms with van der Waals surface area (Å²) in [5, 5.41) is 2.72. The van der Waals surface area contributed by atoms with Crippen molar-refractivity contribution in [1.82, 2.24) is 14.9 Å². The molecule has 6 nitrogen and oxygen atoms in total. The van der Waals surface area contributed by atoms with Crippen molar-refractivity contribution in [3.05, 3.63) is 17.0 Å². The van der Waals surface area contributed by atoms with Gasteiger partial charge in [0, 0.05) is 21.7 Å². The lowest BCUT2D eigenvalue weighted by Gasteiger charge is -2.25. The van der Waals surface area contributed by atoms with E-state index in [1.54, 1.807) is 7.05 Å². The van der Waals surface area contributed by atoms with E-state index < -0.39 is 8.07 Å². The molecule has 2 amide bonds. The fourth-order valence-corrected chi connectivity index (χ4v) is 3.17. The molecule has 0 saturated carbocycles. The van der Waals surface area contributed by atoms with Gasteiger partial charge in [0.25, 0.3) is 0 Å². The van der Waals surface area contributed by atoms with Crippen molar-refractivity contribution < 1.29 is 9.53 Å². The number of carbonyl (C=O) groups is 1. The monoisotopic (exact) mass is 372 g/mol. The normalized spacial score (nSPS) is 15.2. The number of halogens is 1. The number of urea groups is 1. The van der Waals surface area contributed by atoms with Crippen LogP contribution in [0.25, 0.3) is 5.70 Å². The lowest BCUT2D eigenvalue weighted by Crippen LogP contribution is -2.41. The minimum Gasteiger partial charge on any atom is -0.361 e. The molecule has 1 N–H and O–H groups in total. The van der Waals surface area contributed by atoms with Crippen molar-refractivity contribution in [2.75, 3.05) is 18.6 Å². The molecule has 0 aromatic carbocycles. The largest absolute Gasteiger partial charge is 0.361 e. The number of rotatable bonds is 5. The third-order valence-corrected chi connectivity index (χ3v) is 5.59. The van der Waals surface area contributed by atoms with Crippen molar-refractivity contribution in [3.8, 4) is 0 Å². The number of nitrogens with one attached hydrogen (secondary N) is 1. The molecule has 0 saturated heterocycles. The molecule has 116 valence electrons. The van der Waals surface area contributed by atoms with Gasteiger partial charge in [-0.25, -0.2) is 9.78 Å². The van der Waals surface area contributed by atoms with Crippen molar-refractivity contribution in [2.24, 2.45) is 0 Å². The van der Waals surface area contributed by atoms with Crippen molar-refractivity contribution in [1.29, 1.82) is 0 Å². The number of nitrogens with zero attached hydrogens (tertiary/aromatic N) is 3. The maximum absolute atomic E-state index is 11.7. The molecule has 1 aromatic rings. The van der Waals surface area contributed by atoms with E-state index in [4.69, 9.17) is 4.74 Å². The average Bonchev–Trinajstić information content (AvgIpc) is 2.68. The lowest BCUT2D eigenvalue weighted by molar-refractivity contribution is 0.0850. The molecule has 0 fully saturated rings. The van der Waals surface area contributed by atoms with Gasteiger partial charge >= 0.3 is 6.03 Å². The van der Waals surface area contributed by atoms with Gasteiger partial charge in [0.1, 0.15) is 12.4 Å². The van der Waals surface area contributed by atoms with Crippen LogP contribution in [0.1, 0.15) is 5.69 Å². The Bertz CT molecular complexity index is 579. The van der Waals surface area contributed by atoms with E-state index in [2.05, 4.69) is 52.5 Å². The summed E-state index contributed by atoms with van der Waals surface area (Å²) in [6.45, 7) is 12.0. The summed E-state index contributed by atoms with van der Waals surface area (Å²) in [7, 11) is 0.578. The Hall–Kier alpha value is -1.12. The molecule has 21 heavy (non-hydrogen) atoms. The highest BCUT2D eigenvalue weighted by Gasteiger charge is 2.30. The number of hydrogen-bond donors (Lipinski definition) is 1. The first-order valence-corrected chi connectivity index (χ1v) is 11.3. The maximum Gasteiger partial charge on any atom is 0.327 e. The standard InChI is InChI=1S/C13H21BrN4O2Si/c1-9-10-11(17(2)13(19)15-9)16-12(14)18(10)8-20-6-7-21(3,4)5/h1,6-8H2,2-5H3,(H,15,19). The van der Waals surface area contributed by atoms with Gasteiger partial charge in [-0.3, -0.25) is 9.47 Å². The van der Waals surface area contributed by atoms with Gasteiger partial charge in [0.2, 0.25) is 0 Å². The number of aromatic nitrogens is 2. The number of fused-ring (bicyclic) bond motifs is 1. The van der Waals surface area contributed by atoms with Crippen LogP contribution < -0.4 is 10.2 Å². The number of imidazole rings is 1. The Labute approximate surface area is 134 Å². The molecule has 1 aliphatic heterocycles. The Morgan fingerprint density at radius 1 is 1.43 bits per heavy atom. The molecule has 2 rings (SSSR count). The fourth-order valence-electron chi connectivity index (χ4n) is 1.97. The minimum absolute atomic E-state index is 0.232. The van der Waals surface area contributed by atoms with Gasteiger partial charge in [-0.05, 0) is 22.0 Å². The molecule has 1 aromatic heterocycles. The zero-order valence-corrected chi connectivity index (χ0v) is 15.5. The Kier molecular flexibility index (Phi) is 4.59. The molecule has 0 bridgehead atoms. The molecule has 1 aliphatic rings. The summed E-state index contributed by atoms with van der Waals surface area (Å²) >= 11 is 3.42. The summed E-state index contributed by atoms with van der Waals surface area (Å²) in [5.41, 5.74) is 1.32. The van der Waals surface area contributed by atoms with Crippen LogP contribution in [-0.4, -0.2) is 37.3 Å². The molecular formula is C13H21BrN4O2Si. The van der Waals surface area contributed by atoms with Crippen LogP contribution >= 0.6 is 15.9 Å². The van der Waals surface area contributed by atoms with Gasteiger partial charge in [0.15, 0.2) is 10.6 Å². The Morgan fingerprint density at radius 2 is 2.10 bits per heavy atom. The van der Waals surface area contributed by atoms with Gasteiger partial charge in [-0.1, -0.05) is 26.2 Å². The van der Waals surface area contributed by atoms with E-state index in [9.17, 15) is 4.79 Å². The van der Waals surface area contributed by atoms with Crippen LogP contribution in [0, 0.1) is 0 Å². The predicted molar refractivity (Wildman–Crippen MR) is 90.0 cm³/mol. The van der Waals surface area contributed by atoms with Crippen LogP contribution in [0.2, 0.25) is 25.7 Å². The number of carbonyl (C=O) groups excluding carboxylic acids is 1. The van der Waals surface area contributed by atoms with E-state index in [1.807, 2.05) is 4.57 Å². The second kappa shape index (κ2) is 5.94. The maximum atomic E-state index is 11.7. The molecule has 0 spiro atoms. The SMILES string of the molecule is C=C1NC(=O)N(C)c2nc(Br)n(COCC[Si](C)(C)C)c21. The van der Waals surface area contributed by atoms with E-state index in [1.165, 1.54) is 4.90 Å². The van der Waals surface area contributed by atoms with Crippen LogP contribution in [-0.2, 0) is 11.5 Å². The molecule has 0 atom stereocenters. The highest BCUT2D eigenvalue weighted by atomic mass is 79.9. The summed E-state index contributed by atoms with van der Waals surface area (Å²) in [6, 6.07) is 0.878. The molecule has 8 heteroatoms. The second-order valence-corrected chi connectivity index (χ2v) is 12.6. The third-order valence-electron chi connectivity index (χ3n) is 3.29. The summed E-state index contributed by atoms with van der Waals surface area (Å²) in [5.74, 6) is 0.587. The lowest BCUT2D eigenvalue weighted by atomic mass is 10.3. The van der Waals surface area contributed by atoms with Crippen molar-refractivity contribution in [2.45, 2.75) is 32.4 Å². The first-order chi connectivity index (χ1) is 9.70. The molecule has 0 aliphatic carbocycles. The fraction of sp³-hybridized carbons (Fsp3) is 0.538. The smallest absolute Gasteiger partial charge is 0.327 e.